The van der Waals surface area contributed by atoms with Crippen molar-refractivity contribution in [1.82, 2.24) is 4.90 Å². The largest absolute Gasteiger partial charge is 0.335 e. The van der Waals surface area contributed by atoms with E-state index in [4.69, 9.17) is 5.14 Å². The van der Waals surface area contributed by atoms with Crippen LogP contribution in [0.4, 0.5) is 5.69 Å². The molecule has 9 heteroatoms. The Morgan fingerprint density at radius 1 is 1.14 bits per heavy atom. The highest BCUT2D eigenvalue weighted by Crippen LogP contribution is 2.32. The van der Waals surface area contributed by atoms with Gasteiger partial charge in [-0.1, -0.05) is 39.0 Å². The molecular weight excluding hydrogens is 394 g/mol. The first kappa shape index (κ1) is 22.5. The van der Waals surface area contributed by atoms with Crippen LogP contribution in [0.5, 0.6) is 0 Å². The zero-order valence-corrected chi connectivity index (χ0v) is 17.9. The molecule has 0 aliphatic rings. The second kappa shape index (κ2) is 7.92. The van der Waals surface area contributed by atoms with Crippen molar-refractivity contribution in [1.29, 1.82) is 0 Å². The Balaban J connectivity index is 2.34. The summed E-state index contributed by atoms with van der Waals surface area (Å²) in [5.74, 6) is -0.378. The number of hydrogen-bond acceptors (Lipinski definition) is 5. The Labute approximate surface area is 170 Å². The van der Waals surface area contributed by atoms with E-state index in [1.54, 1.807) is 38.2 Å². The number of nitro groups is 1. The van der Waals surface area contributed by atoms with Gasteiger partial charge in [0.2, 0.25) is 10.0 Å². The van der Waals surface area contributed by atoms with Gasteiger partial charge in [-0.05, 0) is 36.1 Å². The molecule has 1 atom stereocenters. The molecular formula is C20H25N3O5S. The van der Waals surface area contributed by atoms with Crippen LogP contribution in [-0.2, 0) is 15.4 Å². The molecule has 2 rings (SSSR count). The summed E-state index contributed by atoms with van der Waals surface area (Å²) in [4.78, 5) is 25.4. The molecule has 0 spiro atoms. The van der Waals surface area contributed by atoms with E-state index in [-0.39, 0.29) is 22.1 Å². The zero-order valence-electron chi connectivity index (χ0n) is 17.0. The molecule has 8 nitrogen and oxygen atoms in total. The second-order valence-corrected chi connectivity index (χ2v) is 9.51. The Kier molecular flexibility index (Phi) is 6.15. The average Bonchev–Trinajstić information content (AvgIpc) is 2.64. The number of carbonyl (C=O) groups is 1. The Hall–Kier alpha value is -2.78. The molecule has 0 aromatic heterocycles. The smallest absolute Gasteiger partial charge is 0.273 e. The summed E-state index contributed by atoms with van der Waals surface area (Å²) < 4.78 is 22.8. The Bertz CT molecular complexity index is 1040. The number of sulfonamides is 1. The number of primary sulfonamides is 1. The normalized spacial score (nSPS) is 13.0. The minimum absolute atomic E-state index is 0.0178. The van der Waals surface area contributed by atoms with Crippen LogP contribution >= 0.6 is 0 Å². The van der Waals surface area contributed by atoms with Gasteiger partial charge in [0, 0.05) is 24.2 Å². The first-order chi connectivity index (χ1) is 13.2. The molecule has 0 aliphatic heterocycles. The standard InChI is InChI=1S/C20H25N3O5S/c1-13(14-6-9-16(10-7-14)29(21,27)28)22(5)19(24)15-8-11-17(20(2,3)4)18(12-15)23(25)26/h6-13H,1-5H3,(H2,21,27,28)/t13-/m1/s1. The van der Waals surface area contributed by atoms with Crippen LogP contribution in [0, 0.1) is 10.1 Å². The number of amides is 1. The van der Waals surface area contributed by atoms with Crippen LogP contribution in [0.25, 0.3) is 0 Å². The number of nitrogens with two attached hydrogens (primary N) is 1. The number of rotatable bonds is 5. The molecule has 0 heterocycles. The first-order valence-electron chi connectivity index (χ1n) is 8.92. The van der Waals surface area contributed by atoms with Crippen molar-refractivity contribution < 1.29 is 18.1 Å². The SMILES string of the molecule is C[C@H](c1ccc(S(N)(=O)=O)cc1)N(C)C(=O)c1ccc(C(C)(C)C)c([N+](=O)[O-])c1. The van der Waals surface area contributed by atoms with E-state index in [0.29, 0.717) is 11.1 Å². The summed E-state index contributed by atoms with van der Waals surface area (Å²) in [5.41, 5.74) is 0.929. The summed E-state index contributed by atoms with van der Waals surface area (Å²) in [6.07, 6.45) is 0. The lowest BCUT2D eigenvalue weighted by molar-refractivity contribution is -0.386. The average molecular weight is 420 g/mol. The lowest BCUT2D eigenvalue weighted by Gasteiger charge is -2.26. The third kappa shape index (κ3) is 4.99. The number of carbonyl (C=O) groups excluding carboxylic acids is 1. The maximum Gasteiger partial charge on any atom is 0.273 e. The molecule has 0 bridgehead atoms. The second-order valence-electron chi connectivity index (χ2n) is 7.95. The Morgan fingerprint density at radius 2 is 1.69 bits per heavy atom. The van der Waals surface area contributed by atoms with Crippen molar-refractivity contribution in [3.05, 3.63) is 69.3 Å². The molecule has 2 aromatic carbocycles. The van der Waals surface area contributed by atoms with Gasteiger partial charge in [-0.3, -0.25) is 14.9 Å². The molecule has 156 valence electrons. The van der Waals surface area contributed by atoms with Gasteiger partial charge < -0.3 is 4.90 Å². The van der Waals surface area contributed by atoms with Crippen molar-refractivity contribution >= 4 is 21.6 Å². The summed E-state index contributed by atoms with van der Waals surface area (Å²) in [5, 5.41) is 16.6. The number of nitro benzene ring substituents is 1. The van der Waals surface area contributed by atoms with Crippen LogP contribution in [0.3, 0.4) is 0 Å². The highest BCUT2D eigenvalue weighted by Gasteiger charge is 2.27. The summed E-state index contributed by atoms with van der Waals surface area (Å²) in [6, 6.07) is 10.0. The van der Waals surface area contributed by atoms with E-state index < -0.39 is 26.4 Å². The molecule has 0 saturated heterocycles. The van der Waals surface area contributed by atoms with Gasteiger partial charge in [-0.25, -0.2) is 13.6 Å². The van der Waals surface area contributed by atoms with Gasteiger partial charge in [0.25, 0.3) is 11.6 Å². The lowest BCUT2D eigenvalue weighted by Crippen LogP contribution is -2.30. The number of nitrogens with zero attached hydrogens (tertiary/aromatic N) is 2. The third-order valence-electron chi connectivity index (χ3n) is 4.84. The topological polar surface area (TPSA) is 124 Å². The molecule has 0 unspecified atom stereocenters. The van der Waals surface area contributed by atoms with Crippen LogP contribution in [0.15, 0.2) is 47.4 Å². The van der Waals surface area contributed by atoms with Gasteiger partial charge >= 0.3 is 0 Å². The van der Waals surface area contributed by atoms with E-state index in [2.05, 4.69) is 0 Å². The summed E-state index contributed by atoms with van der Waals surface area (Å²) in [7, 11) is -2.21. The van der Waals surface area contributed by atoms with Crippen LogP contribution < -0.4 is 5.14 Å². The van der Waals surface area contributed by atoms with Gasteiger partial charge in [-0.2, -0.15) is 0 Å². The molecule has 0 aliphatic carbocycles. The van der Waals surface area contributed by atoms with E-state index in [1.165, 1.54) is 23.1 Å². The quantitative estimate of drug-likeness (QED) is 0.588. The maximum atomic E-state index is 12.9. The Morgan fingerprint density at radius 3 is 2.14 bits per heavy atom. The van der Waals surface area contributed by atoms with E-state index in [9.17, 15) is 23.3 Å². The first-order valence-corrected chi connectivity index (χ1v) is 10.5. The predicted octanol–water partition coefficient (Wildman–Crippen LogP) is 3.37. The van der Waals surface area contributed by atoms with Crippen LogP contribution in [0.1, 0.15) is 55.2 Å². The fraction of sp³-hybridized carbons (Fsp3) is 0.350. The predicted molar refractivity (Wildman–Crippen MR) is 110 cm³/mol. The molecule has 0 saturated carbocycles. The zero-order chi connectivity index (χ0) is 22.1. The van der Waals surface area contributed by atoms with Crippen molar-refractivity contribution in [2.45, 2.75) is 44.0 Å². The van der Waals surface area contributed by atoms with Crippen molar-refractivity contribution in [3.63, 3.8) is 0 Å². The van der Waals surface area contributed by atoms with Gasteiger partial charge in [0.15, 0.2) is 0 Å². The van der Waals surface area contributed by atoms with Gasteiger partial charge in [0.1, 0.15) is 0 Å². The summed E-state index contributed by atoms with van der Waals surface area (Å²) >= 11 is 0. The van der Waals surface area contributed by atoms with Gasteiger partial charge in [0.05, 0.1) is 15.9 Å². The molecule has 2 aromatic rings. The maximum absolute atomic E-state index is 12.9. The highest BCUT2D eigenvalue weighted by molar-refractivity contribution is 7.89. The van der Waals surface area contributed by atoms with E-state index in [1.807, 2.05) is 20.8 Å². The lowest BCUT2D eigenvalue weighted by atomic mass is 9.85. The minimum atomic E-state index is -3.80. The molecule has 1 amide bonds. The van der Waals surface area contributed by atoms with E-state index in [0.717, 1.165) is 0 Å². The molecule has 0 radical (unpaired) electrons. The molecule has 2 N–H and O–H groups in total. The highest BCUT2D eigenvalue weighted by atomic mass is 32.2. The van der Waals surface area contributed by atoms with Crippen LogP contribution in [0.2, 0.25) is 0 Å². The number of benzene rings is 2. The van der Waals surface area contributed by atoms with Gasteiger partial charge in [-0.15, -0.1) is 0 Å². The third-order valence-corrected chi connectivity index (χ3v) is 5.77. The fourth-order valence-corrected chi connectivity index (χ4v) is 3.50. The fourth-order valence-electron chi connectivity index (χ4n) is 2.99. The van der Waals surface area contributed by atoms with Crippen molar-refractivity contribution in [2.24, 2.45) is 5.14 Å². The molecule has 29 heavy (non-hydrogen) atoms. The monoisotopic (exact) mass is 419 g/mol. The minimum Gasteiger partial charge on any atom is -0.335 e. The van der Waals surface area contributed by atoms with E-state index >= 15 is 0 Å². The number of hydrogen-bond donors (Lipinski definition) is 1. The van der Waals surface area contributed by atoms with Crippen molar-refractivity contribution in [3.8, 4) is 0 Å². The van der Waals surface area contributed by atoms with Crippen molar-refractivity contribution in [2.75, 3.05) is 7.05 Å². The van der Waals surface area contributed by atoms with Crippen LogP contribution in [-0.4, -0.2) is 31.2 Å². The summed E-state index contributed by atoms with van der Waals surface area (Å²) in [6.45, 7) is 7.39. The molecule has 0 fully saturated rings.